The van der Waals surface area contributed by atoms with Gasteiger partial charge in [0.25, 0.3) is 5.91 Å². The Morgan fingerprint density at radius 3 is 2.42 bits per heavy atom. The molecule has 4 rings (SSSR count). The molecule has 0 spiro atoms. The minimum atomic E-state index is -0.531. The molecule has 2 amide bonds. The van der Waals surface area contributed by atoms with E-state index in [1.54, 1.807) is 0 Å². The molecule has 0 saturated carbocycles. The van der Waals surface area contributed by atoms with E-state index >= 15 is 0 Å². The van der Waals surface area contributed by atoms with Gasteiger partial charge in [0, 0.05) is 5.69 Å². The number of amides is 2. The lowest BCUT2D eigenvalue weighted by Gasteiger charge is -2.17. The van der Waals surface area contributed by atoms with Gasteiger partial charge in [0.1, 0.15) is 6.04 Å². The van der Waals surface area contributed by atoms with Crippen LogP contribution in [0.1, 0.15) is 17.5 Å². The van der Waals surface area contributed by atoms with Crippen molar-refractivity contribution in [2.24, 2.45) is 0 Å². The summed E-state index contributed by atoms with van der Waals surface area (Å²) in [5, 5.41) is 5.31. The van der Waals surface area contributed by atoms with Crippen molar-refractivity contribution < 1.29 is 9.59 Å². The molecule has 4 nitrogen and oxygen atoms in total. The van der Waals surface area contributed by atoms with Gasteiger partial charge in [-0.2, -0.15) is 0 Å². The lowest BCUT2D eigenvalue weighted by atomic mass is 10.1. The van der Waals surface area contributed by atoms with Crippen LogP contribution in [0.5, 0.6) is 0 Å². The second kappa shape index (κ2) is 6.30. The quantitative estimate of drug-likeness (QED) is 0.725. The van der Waals surface area contributed by atoms with E-state index in [-0.39, 0.29) is 18.2 Å². The molecule has 130 valence electrons. The Kier molecular flexibility index (Phi) is 3.96. The van der Waals surface area contributed by atoms with Gasteiger partial charge in [-0.05, 0) is 60.0 Å². The largest absolute Gasteiger partial charge is 0.373 e. The number of nitrogens with one attached hydrogen (secondary N) is 1. The summed E-state index contributed by atoms with van der Waals surface area (Å²) in [4.78, 5) is 26.7. The van der Waals surface area contributed by atoms with Gasteiger partial charge in [-0.1, -0.05) is 36.4 Å². The molecule has 1 aliphatic rings. The van der Waals surface area contributed by atoms with E-state index in [2.05, 4.69) is 5.32 Å². The average Bonchev–Trinajstić information content (AvgIpc) is 2.91. The highest BCUT2D eigenvalue weighted by molar-refractivity contribution is 6.23. The summed E-state index contributed by atoms with van der Waals surface area (Å²) in [6.45, 7) is 4.08. The number of hydrogen-bond acceptors (Lipinski definition) is 3. The van der Waals surface area contributed by atoms with Crippen molar-refractivity contribution in [3.05, 3.63) is 71.8 Å². The Morgan fingerprint density at radius 2 is 1.65 bits per heavy atom. The van der Waals surface area contributed by atoms with Crippen LogP contribution in [0.25, 0.3) is 10.8 Å². The van der Waals surface area contributed by atoms with E-state index in [0.717, 1.165) is 22.0 Å². The molecule has 0 bridgehead atoms. The minimum Gasteiger partial charge on any atom is -0.373 e. The molecule has 26 heavy (non-hydrogen) atoms. The van der Waals surface area contributed by atoms with Gasteiger partial charge < -0.3 is 5.32 Å². The van der Waals surface area contributed by atoms with Gasteiger partial charge in [0.15, 0.2) is 0 Å². The van der Waals surface area contributed by atoms with E-state index < -0.39 is 6.04 Å². The number of benzene rings is 3. The van der Waals surface area contributed by atoms with Crippen molar-refractivity contribution in [3.8, 4) is 0 Å². The zero-order valence-electron chi connectivity index (χ0n) is 14.8. The third-order valence-corrected chi connectivity index (χ3v) is 4.99. The smallest absolute Gasteiger partial charge is 0.256 e. The lowest BCUT2D eigenvalue weighted by molar-refractivity contribution is -0.121. The standard InChI is InChI=1S/C22H20N2O2/c1-14-7-9-18(11-15(14)2)23-20-13-21(25)24(22(20)26)19-10-8-16-5-3-4-6-17(16)12-19/h3-12,20,23H,13H2,1-2H3. The number of nitrogens with zero attached hydrogens (tertiary/aromatic N) is 1. The maximum Gasteiger partial charge on any atom is 0.256 e. The highest BCUT2D eigenvalue weighted by Gasteiger charge is 2.39. The molecule has 1 N–H and O–H groups in total. The van der Waals surface area contributed by atoms with Gasteiger partial charge in [0.2, 0.25) is 5.91 Å². The summed E-state index contributed by atoms with van der Waals surface area (Å²) in [5.41, 5.74) is 3.84. The van der Waals surface area contributed by atoms with E-state index in [0.29, 0.717) is 5.69 Å². The van der Waals surface area contributed by atoms with Gasteiger partial charge >= 0.3 is 0 Å². The zero-order valence-corrected chi connectivity index (χ0v) is 14.8. The fourth-order valence-electron chi connectivity index (χ4n) is 3.36. The van der Waals surface area contributed by atoms with Gasteiger partial charge in [-0.3, -0.25) is 9.59 Å². The second-order valence-corrected chi connectivity index (χ2v) is 6.80. The SMILES string of the molecule is Cc1ccc(NC2CC(=O)N(c3ccc4ccccc4c3)C2=O)cc1C. The van der Waals surface area contributed by atoms with Crippen LogP contribution in [0.3, 0.4) is 0 Å². The Balaban J connectivity index is 1.60. The maximum absolute atomic E-state index is 12.9. The summed E-state index contributed by atoms with van der Waals surface area (Å²) >= 11 is 0. The molecular formula is C22H20N2O2. The number of aryl methyl sites for hydroxylation is 2. The number of carbonyl (C=O) groups excluding carboxylic acids is 2. The predicted molar refractivity (Wildman–Crippen MR) is 104 cm³/mol. The average molecular weight is 344 g/mol. The first-order valence-electron chi connectivity index (χ1n) is 8.72. The molecule has 1 unspecified atom stereocenters. The third-order valence-electron chi connectivity index (χ3n) is 4.99. The van der Waals surface area contributed by atoms with Gasteiger partial charge in [-0.25, -0.2) is 4.90 Å². The zero-order chi connectivity index (χ0) is 18.3. The second-order valence-electron chi connectivity index (χ2n) is 6.80. The molecule has 3 aromatic rings. The fourth-order valence-corrected chi connectivity index (χ4v) is 3.36. The molecule has 1 saturated heterocycles. The normalized spacial score (nSPS) is 17.2. The van der Waals surface area contributed by atoms with E-state index in [1.807, 2.05) is 74.5 Å². The third kappa shape index (κ3) is 2.84. The van der Waals surface area contributed by atoms with E-state index in [9.17, 15) is 9.59 Å². The van der Waals surface area contributed by atoms with Crippen molar-refractivity contribution in [2.45, 2.75) is 26.3 Å². The number of rotatable bonds is 3. The predicted octanol–water partition coefficient (Wildman–Crippen LogP) is 4.20. The highest BCUT2D eigenvalue weighted by atomic mass is 16.2. The number of fused-ring (bicyclic) bond motifs is 1. The van der Waals surface area contributed by atoms with Crippen LogP contribution in [-0.4, -0.2) is 17.9 Å². The first kappa shape index (κ1) is 16.3. The van der Waals surface area contributed by atoms with Crippen LogP contribution in [0.15, 0.2) is 60.7 Å². The van der Waals surface area contributed by atoms with Crippen molar-refractivity contribution in [3.63, 3.8) is 0 Å². The van der Waals surface area contributed by atoms with Crippen LogP contribution < -0.4 is 10.2 Å². The summed E-state index contributed by atoms with van der Waals surface area (Å²) in [7, 11) is 0. The molecular weight excluding hydrogens is 324 g/mol. The number of imide groups is 1. The van der Waals surface area contributed by atoms with Crippen LogP contribution in [0.2, 0.25) is 0 Å². The summed E-state index contributed by atoms with van der Waals surface area (Å²) in [5.74, 6) is -0.380. The molecule has 0 aromatic heterocycles. The lowest BCUT2D eigenvalue weighted by Crippen LogP contribution is -2.34. The van der Waals surface area contributed by atoms with Crippen molar-refractivity contribution in [1.29, 1.82) is 0 Å². The van der Waals surface area contributed by atoms with Crippen molar-refractivity contribution in [1.82, 2.24) is 0 Å². The van der Waals surface area contributed by atoms with Crippen LogP contribution in [0.4, 0.5) is 11.4 Å². The topological polar surface area (TPSA) is 49.4 Å². The number of hydrogen-bond donors (Lipinski definition) is 1. The first-order valence-corrected chi connectivity index (χ1v) is 8.72. The highest BCUT2D eigenvalue weighted by Crippen LogP contribution is 2.28. The minimum absolute atomic E-state index is 0.165. The molecule has 1 atom stereocenters. The van der Waals surface area contributed by atoms with Crippen LogP contribution in [0, 0.1) is 13.8 Å². The van der Waals surface area contributed by atoms with Crippen molar-refractivity contribution in [2.75, 3.05) is 10.2 Å². The fraction of sp³-hybridized carbons (Fsp3) is 0.182. The molecule has 3 aromatic carbocycles. The molecule has 1 heterocycles. The summed E-state index contributed by atoms with van der Waals surface area (Å²) in [6, 6.07) is 19.0. The Morgan fingerprint density at radius 1 is 0.885 bits per heavy atom. The monoisotopic (exact) mass is 344 g/mol. The Labute approximate surface area is 152 Å². The van der Waals surface area contributed by atoms with Gasteiger partial charge in [-0.15, -0.1) is 0 Å². The Bertz CT molecular complexity index is 1030. The molecule has 1 aliphatic heterocycles. The maximum atomic E-state index is 12.9. The van der Waals surface area contributed by atoms with Crippen molar-refractivity contribution >= 4 is 34.0 Å². The van der Waals surface area contributed by atoms with Crippen LogP contribution >= 0.6 is 0 Å². The van der Waals surface area contributed by atoms with Crippen LogP contribution in [-0.2, 0) is 9.59 Å². The van der Waals surface area contributed by atoms with E-state index in [1.165, 1.54) is 10.5 Å². The van der Waals surface area contributed by atoms with E-state index in [4.69, 9.17) is 0 Å². The van der Waals surface area contributed by atoms with Gasteiger partial charge in [0.05, 0.1) is 12.1 Å². The summed E-state index contributed by atoms with van der Waals surface area (Å²) in [6.07, 6.45) is 0.165. The summed E-state index contributed by atoms with van der Waals surface area (Å²) < 4.78 is 0. The molecule has 0 aliphatic carbocycles. The Hall–Kier alpha value is -3.14. The molecule has 1 fully saturated rings. The number of anilines is 2. The molecule has 4 heteroatoms. The first-order chi connectivity index (χ1) is 12.5. The molecule has 0 radical (unpaired) electrons. The number of carbonyl (C=O) groups is 2.